The van der Waals surface area contributed by atoms with E-state index >= 15 is 0 Å². The first-order valence-electron chi connectivity index (χ1n) is 8.74. The van der Waals surface area contributed by atoms with E-state index in [-0.39, 0.29) is 36.7 Å². The molecule has 0 spiro atoms. The lowest BCUT2D eigenvalue weighted by molar-refractivity contribution is -0.152. The molecule has 0 aliphatic carbocycles. The highest BCUT2D eigenvalue weighted by Gasteiger charge is 2.44. The Kier molecular flexibility index (Phi) is 4.84. The minimum Gasteiger partial charge on any atom is -0.461 e. The van der Waals surface area contributed by atoms with Gasteiger partial charge in [0.1, 0.15) is 12.2 Å². The summed E-state index contributed by atoms with van der Waals surface area (Å²) in [5, 5.41) is 0. The van der Waals surface area contributed by atoms with Crippen molar-refractivity contribution in [1.82, 2.24) is 4.90 Å². The zero-order valence-electron chi connectivity index (χ0n) is 15.0. The molecule has 5 nitrogen and oxygen atoms in total. The summed E-state index contributed by atoms with van der Waals surface area (Å²) in [5.41, 5.74) is 0.449. The van der Waals surface area contributed by atoms with Crippen molar-refractivity contribution in [3.05, 3.63) is 48.0 Å². The maximum absolute atomic E-state index is 12.4. The lowest BCUT2D eigenvalue weighted by Crippen LogP contribution is -2.50. The van der Waals surface area contributed by atoms with Gasteiger partial charge in [-0.2, -0.15) is 0 Å². The molecule has 2 aliphatic rings. The summed E-state index contributed by atoms with van der Waals surface area (Å²) < 4.78 is 11.0. The summed E-state index contributed by atoms with van der Waals surface area (Å²) in [7, 11) is 0. The number of piperidine rings is 1. The molecule has 0 N–H and O–H groups in total. The quantitative estimate of drug-likeness (QED) is 0.620. The molecule has 1 aromatic rings. The van der Waals surface area contributed by atoms with E-state index in [1.807, 2.05) is 63.3 Å². The van der Waals surface area contributed by atoms with Crippen LogP contribution in [0.2, 0.25) is 0 Å². The third-order valence-electron chi connectivity index (χ3n) is 4.48. The predicted octanol–water partition coefficient (Wildman–Crippen LogP) is 3.68. The molecule has 5 heteroatoms. The highest BCUT2D eigenvalue weighted by Crippen LogP contribution is 2.36. The smallest absolute Gasteiger partial charge is 0.411 e. The van der Waals surface area contributed by atoms with Crippen LogP contribution in [0.25, 0.3) is 0 Å². The van der Waals surface area contributed by atoms with Gasteiger partial charge in [-0.3, -0.25) is 9.69 Å². The van der Waals surface area contributed by atoms with Crippen LogP contribution in [0.3, 0.4) is 0 Å². The van der Waals surface area contributed by atoms with Crippen LogP contribution in [-0.4, -0.2) is 34.6 Å². The molecule has 1 amide bonds. The largest absolute Gasteiger partial charge is 0.461 e. The number of benzene rings is 1. The van der Waals surface area contributed by atoms with Crippen LogP contribution >= 0.6 is 0 Å². The first-order valence-corrected chi connectivity index (χ1v) is 8.74. The average Bonchev–Trinajstić information content (AvgIpc) is 2.82. The molecule has 1 aromatic carbocycles. The van der Waals surface area contributed by atoms with Gasteiger partial charge in [-0.05, 0) is 39.2 Å². The lowest BCUT2D eigenvalue weighted by Gasteiger charge is -2.38. The number of fused-ring (bicyclic) bond motifs is 2. The van der Waals surface area contributed by atoms with Crippen molar-refractivity contribution in [2.24, 2.45) is 5.92 Å². The van der Waals surface area contributed by atoms with Crippen molar-refractivity contribution in [1.29, 1.82) is 0 Å². The van der Waals surface area contributed by atoms with Crippen LogP contribution in [0.5, 0.6) is 0 Å². The van der Waals surface area contributed by atoms with Crippen molar-refractivity contribution in [3.63, 3.8) is 0 Å². The fourth-order valence-electron chi connectivity index (χ4n) is 3.38. The van der Waals surface area contributed by atoms with E-state index in [2.05, 4.69) is 0 Å². The Balaban J connectivity index is 1.56. The monoisotopic (exact) mass is 343 g/mol. The standard InChI is InChI=1S/C20H25NO4/c1-20(2,3)25-19(23)21-16-9-10-17(21)12-15(11-16)18(22)24-13-14-7-5-4-6-8-14/h4-10,15-17H,11-13H2,1-3H3/t15?,16-,17+. The molecule has 3 atom stereocenters. The fourth-order valence-corrected chi connectivity index (χ4v) is 3.38. The Bertz CT molecular complexity index is 646. The Labute approximate surface area is 148 Å². The van der Waals surface area contributed by atoms with E-state index in [1.54, 1.807) is 4.90 Å². The maximum Gasteiger partial charge on any atom is 0.411 e. The molecular formula is C20H25NO4. The summed E-state index contributed by atoms with van der Waals surface area (Å²) in [6.45, 7) is 5.85. The highest BCUT2D eigenvalue weighted by atomic mass is 16.6. The number of esters is 1. The molecule has 2 bridgehead atoms. The zero-order valence-corrected chi connectivity index (χ0v) is 15.0. The molecule has 0 radical (unpaired) electrons. The maximum atomic E-state index is 12.4. The molecule has 2 aliphatic heterocycles. The minimum absolute atomic E-state index is 0.0946. The van der Waals surface area contributed by atoms with Crippen LogP contribution in [0, 0.1) is 5.92 Å². The van der Waals surface area contributed by atoms with Gasteiger partial charge in [0.05, 0.1) is 18.0 Å². The van der Waals surface area contributed by atoms with Gasteiger partial charge < -0.3 is 9.47 Å². The van der Waals surface area contributed by atoms with Gasteiger partial charge in [0.25, 0.3) is 0 Å². The van der Waals surface area contributed by atoms with E-state index in [0.717, 1.165) is 5.56 Å². The molecule has 0 saturated carbocycles. The first kappa shape index (κ1) is 17.5. The van der Waals surface area contributed by atoms with E-state index in [9.17, 15) is 9.59 Å². The van der Waals surface area contributed by atoms with Crippen molar-refractivity contribution in [2.45, 2.75) is 57.9 Å². The second kappa shape index (κ2) is 6.90. The number of nitrogens with zero attached hydrogens (tertiary/aromatic N) is 1. The molecule has 1 saturated heterocycles. The van der Waals surface area contributed by atoms with Gasteiger partial charge in [0.2, 0.25) is 0 Å². The fraction of sp³-hybridized carbons (Fsp3) is 0.500. The van der Waals surface area contributed by atoms with Crippen molar-refractivity contribution >= 4 is 12.1 Å². The van der Waals surface area contributed by atoms with Crippen LogP contribution in [-0.2, 0) is 20.9 Å². The molecule has 3 rings (SSSR count). The predicted molar refractivity (Wildman–Crippen MR) is 93.8 cm³/mol. The number of rotatable bonds is 3. The molecule has 1 fully saturated rings. The molecule has 2 heterocycles. The molecule has 1 unspecified atom stereocenters. The number of carbonyl (C=O) groups is 2. The molecule has 25 heavy (non-hydrogen) atoms. The summed E-state index contributed by atoms with van der Waals surface area (Å²) in [5.74, 6) is -0.376. The van der Waals surface area contributed by atoms with E-state index < -0.39 is 5.60 Å². The van der Waals surface area contributed by atoms with Crippen LogP contribution in [0.15, 0.2) is 42.5 Å². The Morgan fingerprint density at radius 1 is 1.08 bits per heavy atom. The molecule has 0 aromatic heterocycles. The SMILES string of the molecule is CC(C)(C)OC(=O)N1[C@@H]2C=C[C@H]1CC(C(=O)OCc1ccccc1)C2. The van der Waals surface area contributed by atoms with Gasteiger partial charge in [-0.1, -0.05) is 42.5 Å². The van der Waals surface area contributed by atoms with Gasteiger partial charge in [-0.25, -0.2) is 4.79 Å². The van der Waals surface area contributed by atoms with E-state index in [0.29, 0.717) is 12.8 Å². The summed E-state index contributed by atoms with van der Waals surface area (Å²) in [4.78, 5) is 26.6. The third-order valence-corrected chi connectivity index (χ3v) is 4.48. The number of hydrogen-bond acceptors (Lipinski definition) is 4. The van der Waals surface area contributed by atoms with E-state index in [4.69, 9.17) is 9.47 Å². The second-order valence-electron chi connectivity index (χ2n) is 7.67. The normalized spacial score (nSPS) is 24.9. The van der Waals surface area contributed by atoms with Gasteiger partial charge in [0, 0.05) is 0 Å². The summed E-state index contributed by atoms with van der Waals surface area (Å²) >= 11 is 0. The topological polar surface area (TPSA) is 55.8 Å². The summed E-state index contributed by atoms with van der Waals surface area (Å²) in [6.07, 6.45) is 4.85. The van der Waals surface area contributed by atoms with Crippen molar-refractivity contribution in [2.75, 3.05) is 0 Å². The number of hydrogen-bond donors (Lipinski definition) is 0. The first-order chi connectivity index (χ1) is 11.8. The van der Waals surface area contributed by atoms with Gasteiger partial charge >= 0.3 is 12.1 Å². The third kappa shape index (κ3) is 4.21. The van der Waals surface area contributed by atoms with E-state index in [1.165, 1.54) is 0 Å². The zero-order chi connectivity index (χ0) is 18.0. The van der Waals surface area contributed by atoms with Gasteiger partial charge in [0.15, 0.2) is 0 Å². The number of ether oxygens (including phenoxy) is 2. The lowest BCUT2D eigenvalue weighted by atomic mass is 9.90. The Morgan fingerprint density at radius 3 is 2.24 bits per heavy atom. The molecule has 134 valence electrons. The second-order valence-corrected chi connectivity index (χ2v) is 7.67. The van der Waals surface area contributed by atoms with Crippen molar-refractivity contribution < 1.29 is 19.1 Å². The Morgan fingerprint density at radius 2 is 1.68 bits per heavy atom. The number of carbonyl (C=O) groups excluding carboxylic acids is 2. The van der Waals surface area contributed by atoms with Gasteiger partial charge in [-0.15, -0.1) is 0 Å². The molecular weight excluding hydrogens is 318 g/mol. The van der Waals surface area contributed by atoms with Crippen LogP contribution < -0.4 is 0 Å². The Hall–Kier alpha value is -2.30. The van der Waals surface area contributed by atoms with Crippen molar-refractivity contribution in [3.8, 4) is 0 Å². The average molecular weight is 343 g/mol. The minimum atomic E-state index is -0.526. The highest BCUT2D eigenvalue weighted by molar-refractivity contribution is 5.75. The summed E-state index contributed by atoms with van der Waals surface area (Å²) in [6, 6.07) is 9.46. The van der Waals surface area contributed by atoms with Crippen LogP contribution in [0.1, 0.15) is 39.2 Å². The number of amides is 1. The van der Waals surface area contributed by atoms with Crippen LogP contribution in [0.4, 0.5) is 4.79 Å².